The summed E-state index contributed by atoms with van der Waals surface area (Å²) in [6.45, 7) is 1.76. The topological polar surface area (TPSA) is 139 Å². The highest BCUT2D eigenvalue weighted by molar-refractivity contribution is 7.92. The van der Waals surface area contributed by atoms with E-state index in [9.17, 15) is 27.6 Å². The lowest BCUT2D eigenvalue weighted by Crippen LogP contribution is -2.53. The number of nitrogens with one attached hydrogen (secondary N) is 2. The van der Waals surface area contributed by atoms with Gasteiger partial charge < -0.3 is 20.3 Å². The second kappa shape index (κ2) is 16.2. The van der Waals surface area contributed by atoms with Crippen LogP contribution in [0.5, 0.6) is 0 Å². The monoisotopic (exact) mass is 653 g/mol. The zero-order chi connectivity index (χ0) is 31.6. The Balaban J connectivity index is 1.75. The van der Waals surface area contributed by atoms with Gasteiger partial charge >= 0.3 is 0 Å². The van der Waals surface area contributed by atoms with Crippen LogP contribution in [0.4, 0.5) is 0 Å². The predicted molar refractivity (Wildman–Crippen MR) is 164 cm³/mol. The summed E-state index contributed by atoms with van der Waals surface area (Å²) in [5, 5.41) is 4.60. The van der Waals surface area contributed by atoms with Gasteiger partial charge in [-0.3, -0.25) is 19.2 Å². The van der Waals surface area contributed by atoms with Gasteiger partial charge in [-0.15, -0.1) is 0 Å². The van der Waals surface area contributed by atoms with E-state index in [1.54, 1.807) is 31.2 Å². The number of methoxy groups -OCH3 is 1. The van der Waals surface area contributed by atoms with Crippen LogP contribution in [-0.4, -0.2) is 81.0 Å². The maximum atomic E-state index is 13.6. The first-order chi connectivity index (χ1) is 20.5. The zero-order valence-corrected chi connectivity index (χ0v) is 26.5. The third-order valence-corrected chi connectivity index (χ3v) is 10.2. The molecule has 1 heterocycles. The number of rotatable bonds is 15. The van der Waals surface area contributed by atoms with Gasteiger partial charge in [-0.1, -0.05) is 54.4 Å². The molecule has 3 atom stereocenters. The number of carbonyl (C=O) groups is 4. The van der Waals surface area contributed by atoms with Crippen LogP contribution >= 0.6 is 23.2 Å². The van der Waals surface area contributed by atoms with Gasteiger partial charge in [0.1, 0.15) is 6.04 Å². The highest BCUT2D eigenvalue weighted by Crippen LogP contribution is 2.32. The third kappa shape index (κ3) is 9.25. The van der Waals surface area contributed by atoms with Crippen LogP contribution < -0.4 is 10.6 Å². The molecule has 0 unspecified atom stereocenters. The van der Waals surface area contributed by atoms with Gasteiger partial charge in [-0.25, -0.2) is 8.42 Å². The Labute approximate surface area is 262 Å². The Kier molecular flexibility index (Phi) is 13.0. The molecule has 1 aliphatic heterocycles. The van der Waals surface area contributed by atoms with Crippen molar-refractivity contribution in [3.8, 4) is 0 Å². The summed E-state index contributed by atoms with van der Waals surface area (Å²) in [7, 11) is -2.55. The van der Waals surface area contributed by atoms with Crippen molar-refractivity contribution in [1.82, 2.24) is 15.5 Å². The quantitative estimate of drug-likeness (QED) is 0.222. The van der Waals surface area contributed by atoms with Crippen molar-refractivity contribution < 1.29 is 32.3 Å². The molecule has 1 aliphatic rings. The molecule has 3 amide bonds. The minimum Gasteiger partial charge on any atom is -0.383 e. The summed E-state index contributed by atoms with van der Waals surface area (Å²) < 4.78 is 32.0. The van der Waals surface area contributed by atoms with Crippen LogP contribution in [0.3, 0.4) is 0 Å². The molecule has 0 saturated carbocycles. The number of hydrogen-bond acceptors (Lipinski definition) is 7. The van der Waals surface area contributed by atoms with E-state index in [0.717, 1.165) is 12.0 Å². The van der Waals surface area contributed by atoms with Crippen LogP contribution in [0.1, 0.15) is 44.6 Å². The molecule has 3 rings (SSSR count). The second-order valence-electron chi connectivity index (χ2n) is 10.3. The standard InChI is InChI=1S/C30H37Cl2N3O7S/c1-3-24(28(37)30(39)33-16-17-42-2)34-29(38)25-18-22(43(40,41)26-10-6-5-9-23(26)32)19-35(25)27(36)11-7-4-8-20-12-14-21(31)15-13-20/h5-6,9-10,12-15,22,24-25H,3-4,7-8,11,16-19H2,1-2H3,(H,33,39)(H,34,38)/t22-,24+,25+/m1/s1. The van der Waals surface area contributed by atoms with E-state index in [2.05, 4.69) is 10.6 Å². The van der Waals surface area contributed by atoms with Crippen molar-refractivity contribution in [3.05, 3.63) is 64.1 Å². The molecule has 0 aromatic heterocycles. The lowest BCUT2D eigenvalue weighted by Gasteiger charge is -2.25. The van der Waals surface area contributed by atoms with Gasteiger partial charge in [-0.05, 0) is 61.9 Å². The number of carbonyl (C=O) groups excluding carboxylic acids is 4. The minimum atomic E-state index is -4.00. The number of halogens is 2. The molecule has 43 heavy (non-hydrogen) atoms. The van der Waals surface area contributed by atoms with Crippen molar-refractivity contribution >= 4 is 56.5 Å². The Morgan fingerprint density at radius 2 is 1.74 bits per heavy atom. The summed E-state index contributed by atoms with van der Waals surface area (Å²) in [4.78, 5) is 53.1. The average Bonchev–Trinajstić information content (AvgIpc) is 3.45. The van der Waals surface area contributed by atoms with Gasteiger partial charge in [-0.2, -0.15) is 0 Å². The van der Waals surface area contributed by atoms with E-state index >= 15 is 0 Å². The first kappa shape index (κ1) is 34.5. The predicted octanol–water partition coefficient (Wildman–Crippen LogP) is 3.38. The van der Waals surface area contributed by atoms with Gasteiger partial charge in [0, 0.05) is 31.6 Å². The van der Waals surface area contributed by atoms with Crippen molar-refractivity contribution in [2.75, 3.05) is 26.8 Å². The molecule has 1 fully saturated rings. The van der Waals surface area contributed by atoms with Crippen LogP contribution in [-0.2, 0) is 40.2 Å². The summed E-state index contributed by atoms with van der Waals surface area (Å²) in [5.74, 6) is -2.78. The van der Waals surface area contributed by atoms with Gasteiger partial charge in [0.2, 0.25) is 17.6 Å². The number of nitrogens with zero attached hydrogens (tertiary/aromatic N) is 1. The second-order valence-corrected chi connectivity index (χ2v) is 13.4. The number of benzene rings is 2. The molecule has 1 saturated heterocycles. The lowest BCUT2D eigenvalue weighted by atomic mass is 10.1. The van der Waals surface area contributed by atoms with E-state index in [4.69, 9.17) is 27.9 Å². The van der Waals surface area contributed by atoms with E-state index in [-0.39, 0.29) is 54.8 Å². The number of unbranched alkanes of at least 4 members (excludes halogenated alkanes) is 1. The molecule has 2 aromatic rings. The first-order valence-corrected chi connectivity index (χ1v) is 16.4. The Morgan fingerprint density at radius 1 is 1.05 bits per heavy atom. The van der Waals surface area contributed by atoms with Crippen molar-refractivity contribution in [2.24, 2.45) is 0 Å². The number of amides is 3. The van der Waals surface area contributed by atoms with Crippen LogP contribution in [0.2, 0.25) is 10.0 Å². The van der Waals surface area contributed by atoms with Crippen molar-refractivity contribution in [2.45, 2.75) is 67.7 Å². The molecular formula is C30H37Cl2N3O7S. The summed E-state index contributed by atoms with van der Waals surface area (Å²) in [6, 6.07) is 11.1. The number of ketones is 1. The van der Waals surface area contributed by atoms with Crippen molar-refractivity contribution in [1.29, 1.82) is 0 Å². The van der Waals surface area contributed by atoms with Crippen LogP contribution in [0.15, 0.2) is 53.4 Å². The molecule has 2 N–H and O–H groups in total. The molecule has 0 aliphatic carbocycles. The van der Waals surface area contributed by atoms with E-state index < -0.39 is 44.8 Å². The highest BCUT2D eigenvalue weighted by Gasteiger charge is 2.46. The molecule has 10 nitrogen and oxygen atoms in total. The maximum absolute atomic E-state index is 13.6. The van der Waals surface area contributed by atoms with Gasteiger partial charge in [0.05, 0.1) is 27.8 Å². The fourth-order valence-electron chi connectivity index (χ4n) is 4.93. The van der Waals surface area contributed by atoms with E-state index in [1.165, 1.54) is 24.1 Å². The fourth-order valence-corrected chi connectivity index (χ4v) is 7.28. The number of hydrogen-bond donors (Lipinski definition) is 2. The van der Waals surface area contributed by atoms with E-state index in [0.29, 0.717) is 17.9 Å². The summed E-state index contributed by atoms with van der Waals surface area (Å²) >= 11 is 12.1. The maximum Gasteiger partial charge on any atom is 0.289 e. The third-order valence-electron chi connectivity index (χ3n) is 7.34. The van der Waals surface area contributed by atoms with Gasteiger partial charge in [0.15, 0.2) is 9.84 Å². The molecule has 13 heteroatoms. The summed E-state index contributed by atoms with van der Waals surface area (Å²) in [5.41, 5.74) is 1.07. The molecule has 2 aromatic carbocycles. The zero-order valence-electron chi connectivity index (χ0n) is 24.2. The fraction of sp³-hybridized carbons (Fsp3) is 0.467. The Morgan fingerprint density at radius 3 is 2.40 bits per heavy atom. The van der Waals surface area contributed by atoms with Crippen LogP contribution in [0.25, 0.3) is 0 Å². The SMILES string of the molecule is CC[C@H](NC(=O)[C@@H]1C[C@@H](S(=O)(=O)c2ccccc2Cl)CN1C(=O)CCCCc1ccc(Cl)cc1)C(=O)C(=O)NCCOC. The number of aryl methyl sites for hydroxylation is 1. The smallest absolute Gasteiger partial charge is 0.289 e. The van der Waals surface area contributed by atoms with Crippen LogP contribution in [0, 0.1) is 0 Å². The molecular weight excluding hydrogens is 617 g/mol. The summed E-state index contributed by atoms with van der Waals surface area (Å²) in [6.07, 6.45) is 1.99. The first-order valence-electron chi connectivity index (χ1n) is 14.1. The molecule has 0 radical (unpaired) electrons. The van der Waals surface area contributed by atoms with Gasteiger partial charge in [0.25, 0.3) is 5.91 Å². The normalized spacial score (nSPS) is 17.3. The lowest BCUT2D eigenvalue weighted by molar-refractivity contribution is -0.142. The minimum absolute atomic E-state index is 0.0478. The van der Waals surface area contributed by atoms with E-state index in [1.807, 2.05) is 12.1 Å². The molecule has 0 spiro atoms. The molecule has 234 valence electrons. The Hall–Kier alpha value is -2.99. The highest BCUT2D eigenvalue weighted by atomic mass is 35.5. The Bertz CT molecular complexity index is 1400. The largest absolute Gasteiger partial charge is 0.383 e. The number of likely N-dealkylation sites (tertiary alicyclic amines) is 1. The number of Topliss-reactive ketones (excluding diaryl/α,β-unsaturated/α-hetero) is 1. The number of sulfone groups is 1. The van der Waals surface area contributed by atoms with Crippen molar-refractivity contribution in [3.63, 3.8) is 0 Å². The molecule has 0 bridgehead atoms. The number of ether oxygens (including phenoxy) is 1. The average molecular weight is 655 g/mol.